The Morgan fingerprint density at radius 2 is 1.83 bits per heavy atom. The van der Waals surface area contributed by atoms with Crippen LogP contribution >= 0.6 is 11.3 Å². The summed E-state index contributed by atoms with van der Waals surface area (Å²) in [6, 6.07) is 15.1. The number of imidazole rings is 1. The first-order valence-corrected chi connectivity index (χ1v) is 8.25. The molecular weight excluding hydrogens is 324 g/mol. The first-order chi connectivity index (χ1) is 11.6. The number of nitrogens with zero attached hydrogens (tertiary/aromatic N) is 3. The highest BCUT2D eigenvalue weighted by atomic mass is 32.1. The van der Waals surface area contributed by atoms with Crippen molar-refractivity contribution in [2.24, 2.45) is 7.05 Å². The lowest BCUT2D eigenvalue weighted by Crippen LogP contribution is -2.28. The van der Waals surface area contributed by atoms with Gasteiger partial charge in [0, 0.05) is 7.05 Å². The van der Waals surface area contributed by atoms with Gasteiger partial charge in [0.1, 0.15) is 6.54 Å². The monoisotopic (exact) mass is 338 g/mol. The molecule has 24 heavy (non-hydrogen) atoms. The third-order valence-corrected chi connectivity index (χ3v) is 4.85. The van der Waals surface area contributed by atoms with E-state index < -0.39 is 0 Å². The molecule has 0 spiro atoms. The number of carbonyl (C=O) groups excluding carboxylic acids is 1. The number of amides is 1. The van der Waals surface area contributed by atoms with Crippen molar-refractivity contribution < 1.29 is 4.79 Å². The molecule has 4 rings (SSSR count). The van der Waals surface area contributed by atoms with Crippen molar-refractivity contribution in [3.05, 3.63) is 59.0 Å². The summed E-state index contributed by atoms with van der Waals surface area (Å²) in [6.45, 7) is -0.0455. The van der Waals surface area contributed by atoms with Crippen LogP contribution in [0.3, 0.4) is 0 Å². The lowest BCUT2D eigenvalue weighted by molar-refractivity contribution is -0.116. The molecular formula is C17H14N4O2S. The van der Waals surface area contributed by atoms with Crippen LogP contribution in [-0.2, 0) is 18.4 Å². The summed E-state index contributed by atoms with van der Waals surface area (Å²) in [4.78, 5) is 29.1. The highest BCUT2D eigenvalue weighted by Gasteiger charge is 2.14. The van der Waals surface area contributed by atoms with Gasteiger partial charge >= 0.3 is 5.69 Å². The highest BCUT2D eigenvalue weighted by Crippen LogP contribution is 2.25. The fraction of sp³-hybridized carbons (Fsp3) is 0.118. The number of aryl methyl sites for hydroxylation is 1. The Balaban J connectivity index is 1.62. The number of aromatic nitrogens is 3. The van der Waals surface area contributed by atoms with Gasteiger partial charge in [-0.15, -0.1) is 0 Å². The van der Waals surface area contributed by atoms with Gasteiger partial charge in [0.05, 0.1) is 21.3 Å². The van der Waals surface area contributed by atoms with Gasteiger partial charge in [-0.2, -0.15) is 0 Å². The minimum Gasteiger partial charge on any atom is -0.300 e. The largest absolute Gasteiger partial charge is 0.329 e. The quantitative estimate of drug-likeness (QED) is 0.624. The normalized spacial score (nSPS) is 11.2. The first kappa shape index (κ1) is 14.6. The predicted octanol–water partition coefficient (Wildman–Crippen LogP) is 2.59. The van der Waals surface area contributed by atoms with Crippen molar-refractivity contribution in [2.45, 2.75) is 6.54 Å². The molecule has 1 amide bonds. The Morgan fingerprint density at radius 3 is 2.62 bits per heavy atom. The Bertz CT molecular complexity index is 1090. The minimum atomic E-state index is -0.271. The zero-order chi connectivity index (χ0) is 16.7. The fourth-order valence-corrected chi connectivity index (χ4v) is 3.63. The van der Waals surface area contributed by atoms with Crippen LogP contribution in [0.2, 0.25) is 0 Å². The summed E-state index contributed by atoms with van der Waals surface area (Å²) < 4.78 is 4.02. The Kier molecular flexibility index (Phi) is 3.42. The van der Waals surface area contributed by atoms with Gasteiger partial charge < -0.3 is 5.32 Å². The van der Waals surface area contributed by atoms with E-state index >= 15 is 0 Å². The second kappa shape index (κ2) is 5.61. The maximum absolute atomic E-state index is 12.4. The molecule has 2 aromatic heterocycles. The van der Waals surface area contributed by atoms with Crippen molar-refractivity contribution in [1.29, 1.82) is 0 Å². The number of benzene rings is 2. The number of rotatable bonds is 3. The molecule has 0 radical (unpaired) electrons. The first-order valence-electron chi connectivity index (χ1n) is 7.43. The van der Waals surface area contributed by atoms with E-state index in [1.54, 1.807) is 11.6 Å². The smallest absolute Gasteiger partial charge is 0.300 e. The fourth-order valence-electron chi connectivity index (χ4n) is 2.74. The summed E-state index contributed by atoms with van der Waals surface area (Å²) in [7, 11) is 1.70. The average molecular weight is 338 g/mol. The molecule has 0 aliphatic heterocycles. The second-order valence-corrected chi connectivity index (χ2v) is 6.48. The van der Waals surface area contributed by atoms with E-state index in [1.165, 1.54) is 15.9 Å². The van der Waals surface area contributed by atoms with Gasteiger partial charge in [-0.25, -0.2) is 9.78 Å². The van der Waals surface area contributed by atoms with Gasteiger partial charge in [-0.3, -0.25) is 13.9 Å². The van der Waals surface area contributed by atoms with Crippen LogP contribution in [0.25, 0.3) is 21.3 Å². The van der Waals surface area contributed by atoms with Gasteiger partial charge in [0.2, 0.25) is 5.91 Å². The summed E-state index contributed by atoms with van der Waals surface area (Å²) in [5.74, 6) is -0.271. The van der Waals surface area contributed by atoms with Gasteiger partial charge in [0.25, 0.3) is 0 Å². The molecule has 6 nitrogen and oxygen atoms in total. The maximum Gasteiger partial charge on any atom is 0.329 e. The number of hydrogen-bond donors (Lipinski definition) is 1. The van der Waals surface area contributed by atoms with Crippen LogP contribution < -0.4 is 11.0 Å². The van der Waals surface area contributed by atoms with Crippen LogP contribution in [0.5, 0.6) is 0 Å². The molecule has 2 heterocycles. The number of carbonyl (C=O) groups is 1. The molecule has 1 N–H and O–H groups in total. The van der Waals surface area contributed by atoms with Crippen molar-refractivity contribution >= 4 is 43.6 Å². The highest BCUT2D eigenvalue weighted by molar-refractivity contribution is 7.22. The van der Waals surface area contributed by atoms with E-state index in [2.05, 4.69) is 10.3 Å². The molecule has 7 heteroatoms. The number of thiazole rings is 1. The van der Waals surface area contributed by atoms with Crippen molar-refractivity contribution in [2.75, 3.05) is 5.32 Å². The number of anilines is 1. The molecule has 120 valence electrons. The summed E-state index contributed by atoms with van der Waals surface area (Å²) in [5, 5.41) is 3.32. The molecule has 0 bridgehead atoms. The summed E-state index contributed by atoms with van der Waals surface area (Å²) in [6.07, 6.45) is 0. The Hall–Kier alpha value is -2.93. The Morgan fingerprint density at radius 1 is 1.12 bits per heavy atom. The predicted molar refractivity (Wildman–Crippen MR) is 95.4 cm³/mol. The van der Waals surface area contributed by atoms with Crippen molar-refractivity contribution in [1.82, 2.24) is 14.1 Å². The average Bonchev–Trinajstić information content (AvgIpc) is 3.09. The van der Waals surface area contributed by atoms with Crippen LogP contribution in [-0.4, -0.2) is 20.0 Å². The van der Waals surface area contributed by atoms with E-state index in [1.807, 2.05) is 48.5 Å². The van der Waals surface area contributed by atoms with E-state index in [0.717, 1.165) is 21.3 Å². The number of hydrogen-bond acceptors (Lipinski definition) is 4. The van der Waals surface area contributed by atoms with Crippen LogP contribution in [0, 0.1) is 0 Å². The molecule has 0 saturated heterocycles. The van der Waals surface area contributed by atoms with Crippen LogP contribution in [0.4, 0.5) is 5.13 Å². The van der Waals surface area contributed by atoms with E-state index in [4.69, 9.17) is 0 Å². The maximum atomic E-state index is 12.4. The molecule has 0 atom stereocenters. The third-order valence-electron chi connectivity index (χ3n) is 3.89. The zero-order valence-electron chi connectivity index (χ0n) is 12.9. The van der Waals surface area contributed by atoms with Crippen molar-refractivity contribution in [3.63, 3.8) is 0 Å². The molecule has 0 aliphatic carbocycles. The minimum absolute atomic E-state index is 0.0455. The van der Waals surface area contributed by atoms with Gasteiger partial charge in [0.15, 0.2) is 5.13 Å². The molecule has 0 unspecified atom stereocenters. The summed E-state index contributed by atoms with van der Waals surface area (Å²) in [5.41, 5.74) is 2.18. The number of nitrogens with one attached hydrogen (secondary N) is 1. The molecule has 0 saturated carbocycles. The standard InChI is InChI=1S/C17H14N4O2S/c1-20-12-7-3-4-8-13(12)21(17(20)23)10-15(22)19-16-18-11-6-2-5-9-14(11)24-16/h2-9H,10H2,1H3,(H,18,19,22). The van der Waals surface area contributed by atoms with Crippen molar-refractivity contribution in [3.8, 4) is 0 Å². The van der Waals surface area contributed by atoms with Gasteiger partial charge in [-0.1, -0.05) is 35.6 Å². The number of para-hydroxylation sites is 3. The number of fused-ring (bicyclic) bond motifs is 2. The second-order valence-electron chi connectivity index (χ2n) is 5.45. The molecule has 0 aliphatic rings. The Labute approximate surface area is 141 Å². The molecule has 4 aromatic rings. The summed E-state index contributed by atoms with van der Waals surface area (Å²) >= 11 is 1.41. The molecule has 0 fully saturated rings. The van der Waals surface area contributed by atoms with Crippen LogP contribution in [0.15, 0.2) is 53.3 Å². The third kappa shape index (κ3) is 2.39. The molecule has 2 aromatic carbocycles. The van der Waals surface area contributed by atoms with Crippen LogP contribution in [0.1, 0.15) is 0 Å². The van der Waals surface area contributed by atoms with E-state index in [-0.39, 0.29) is 18.1 Å². The zero-order valence-corrected chi connectivity index (χ0v) is 13.7. The lowest BCUT2D eigenvalue weighted by Gasteiger charge is -2.03. The van der Waals surface area contributed by atoms with E-state index in [9.17, 15) is 9.59 Å². The van der Waals surface area contributed by atoms with Gasteiger partial charge in [-0.05, 0) is 24.3 Å². The van der Waals surface area contributed by atoms with E-state index in [0.29, 0.717) is 5.13 Å². The SMILES string of the molecule is Cn1c(=O)n(CC(=O)Nc2nc3ccccc3s2)c2ccccc21. The lowest BCUT2D eigenvalue weighted by atomic mass is 10.3. The topological polar surface area (TPSA) is 68.9 Å².